The Morgan fingerprint density at radius 3 is 2.48 bits per heavy atom. The number of rotatable bonds is 4. The van der Waals surface area contributed by atoms with Gasteiger partial charge in [0.1, 0.15) is 17.1 Å². The van der Waals surface area contributed by atoms with E-state index in [4.69, 9.17) is 4.74 Å². The number of carboxylic acid groups (broad SMARTS) is 1. The van der Waals surface area contributed by atoms with Crippen molar-refractivity contribution < 1.29 is 14.6 Å². The predicted molar refractivity (Wildman–Crippen MR) is 106 cm³/mol. The van der Waals surface area contributed by atoms with Gasteiger partial charge in [-0.2, -0.15) is 0 Å². The van der Waals surface area contributed by atoms with E-state index in [1.54, 1.807) is 13.2 Å². The number of pyridine rings is 1. The summed E-state index contributed by atoms with van der Waals surface area (Å²) in [6.45, 7) is 3.01. The van der Waals surface area contributed by atoms with Crippen LogP contribution in [0, 0.1) is 0 Å². The minimum absolute atomic E-state index is 0.253. The first-order valence-electron chi connectivity index (χ1n) is 8.93. The molecule has 0 unspecified atom stereocenters. The van der Waals surface area contributed by atoms with Crippen molar-refractivity contribution in [2.45, 2.75) is 0 Å². The van der Waals surface area contributed by atoms with Crippen LogP contribution in [0.5, 0.6) is 5.75 Å². The van der Waals surface area contributed by atoms with Crippen LogP contribution in [0.2, 0.25) is 0 Å². The van der Waals surface area contributed by atoms with E-state index in [1.165, 1.54) is 0 Å². The van der Waals surface area contributed by atoms with Crippen LogP contribution >= 0.6 is 0 Å². The summed E-state index contributed by atoms with van der Waals surface area (Å²) in [4.78, 5) is 20.8. The van der Waals surface area contributed by atoms with E-state index < -0.39 is 5.97 Å². The number of hydrogen-bond acceptors (Lipinski definition) is 5. The molecule has 0 atom stereocenters. The molecule has 3 aromatic rings. The number of aromatic carboxylic acids is 1. The number of carboxylic acids is 1. The molecule has 0 radical (unpaired) electrons. The van der Waals surface area contributed by atoms with Crippen molar-refractivity contribution in [3.63, 3.8) is 0 Å². The number of ether oxygens (including phenoxy) is 1. The Morgan fingerprint density at radius 1 is 1.00 bits per heavy atom. The van der Waals surface area contributed by atoms with E-state index in [9.17, 15) is 9.90 Å². The Hall–Kier alpha value is -3.28. The Labute approximate surface area is 157 Å². The van der Waals surface area contributed by atoms with Gasteiger partial charge in [-0.3, -0.25) is 0 Å². The number of aromatic nitrogens is 1. The number of carbonyl (C=O) groups is 1. The highest BCUT2D eigenvalue weighted by atomic mass is 16.5. The Kier molecular flexibility index (Phi) is 4.54. The first kappa shape index (κ1) is 17.1. The number of anilines is 2. The van der Waals surface area contributed by atoms with Crippen molar-refractivity contribution in [3.8, 4) is 5.75 Å². The molecule has 1 N–H and O–H groups in total. The lowest BCUT2D eigenvalue weighted by Gasteiger charge is -2.37. The zero-order valence-corrected chi connectivity index (χ0v) is 15.1. The molecular weight excluding hydrogens is 342 g/mol. The molecule has 2 heterocycles. The Bertz CT molecular complexity index is 981. The van der Waals surface area contributed by atoms with E-state index in [0.717, 1.165) is 35.4 Å². The van der Waals surface area contributed by atoms with Gasteiger partial charge in [0.25, 0.3) is 0 Å². The first-order chi connectivity index (χ1) is 13.2. The lowest BCUT2D eigenvalue weighted by molar-refractivity contribution is 0.0697. The van der Waals surface area contributed by atoms with Crippen LogP contribution in [0.3, 0.4) is 0 Å². The molecule has 1 aliphatic rings. The van der Waals surface area contributed by atoms with Gasteiger partial charge in [-0.1, -0.05) is 24.3 Å². The monoisotopic (exact) mass is 363 g/mol. The number of methoxy groups -OCH3 is 1. The average molecular weight is 363 g/mol. The highest BCUT2D eigenvalue weighted by Crippen LogP contribution is 2.27. The molecule has 1 fully saturated rings. The number of benzene rings is 2. The SMILES string of the molecule is COc1cccc(N2CCN(c3nc4ccccc4cc3C(=O)O)CC2)c1. The molecule has 4 rings (SSSR count). The fraction of sp³-hybridized carbons (Fsp3) is 0.238. The highest BCUT2D eigenvalue weighted by molar-refractivity contribution is 5.98. The Balaban J connectivity index is 1.59. The number of nitrogens with zero attached hydrogens (tertiary/aromatic N) is 3. The number of piperazine rings is 1. The van der Waals surface area contributed by atoms with Gasteiger partial charge < -0.3 is 19.6 Å². The van der Waals surface area contributed by atoms with Crippen LogP contribution in [-0.4, -0.2) is 49.3 Å². The number of fused-ring (bicyclic) bond motifs is 1. The first-order valence-corrected chi connectivity index (χ1v) is 8.93. The molecule has 0 spiro atoms. The molecule has 0 saturated carbocycles. The summed E-state index contributed by atoms with van der Waals surface area (Å²) in [7, 11) is 1.66. The molecule has 6 nitrogen and oxygen atoms in total. The molecule has 2 aromatic carbocycles. The smallest absolute Gasteiger partial charge is 0.339 e. The molecule has 0 aliphatic carbocycles. The van der Waals surface area contributed by atoms with Gasteiger partial charge in [0, 0.05) is 43.3 Å². The lowest BCUT2D eigenvalue weighted by atomic mass is 10.1. The molecule has 1 aliphatic heterocycles. The van der Waals surface area contributed by atoms with Gasteiger partial charge in [-0.15, -0.1) is 0 Å². The molecule has 1 saturated heterocycles. The molecule has 6 heteroatoms. The van der Waals surface area contributed by atoms with Gasteiger partial charge in [0.05, 0.1) is 12.6 Å². The quantitative estimate of drug-likeness (QED) is 0.767. The van der Waals surface area contributed by atoms with Crippen LogP contribution in [0.25, 0.3) is 10.9 Å². The Morgan fingerprint density at radius 2 is 1.74 bits per heavy atom. The van der Waals surface area contributed by atoms with E-state index in [-0.39, 0.29) is 5.56 Å². The van der Waals surface area contributed by atoms with E-state index in [1.807, 2.05) is 42.5 Å². The second-order valence-electron chi connectivity index (χ2n) is 6.53. The minimum atomic E-state index is -0.946. The summed E-state index contributed by atoms with van der Waals surface area (Å²) < 4.78 is 5.31. The highest BCUT2D eigenvalue weighted by Gasteiger charge is 2.23. The van der Waals surface area contributed by atoms with Gasteiger partial charge in [-0.05, 0) is 24.3 Å². The second kappa shape index (κ2) is 7.15. The number of hydrogen-bond donors (Lipinski definition) is 1. The third-order valence-corrected chi connectivity index (χ3v) is 4.93. The van der Waals surface area contributed by atoms with Gasteiger partial charge >= 0.3 is 5.97 Å². The van der Waals surface area contributed by atoms with Crippen LogP contribution in [-0.2, 0) is 0 Å². The third-order valence-electron chi connectivity index (χ3n) is 4.93. The van der Waals surface area contributed by atoms with Gasteiger partial charge in [0.15, 0.2) is 0 Å². The lowest BCUT2D eigenvalue weighted by Crippen LogP contribution is -2.47. The second-order valence-corrected chi connectivity index (χ2v) is 6.53. The summed E-state index contributed by atoms with van der Waals surface area (Å²) in [6.07, 6.45) is 0. The van der Waals surface area contributed by atoms with Crippen molar-refractivity contribution in [2.24, 2.45) is 0 Å². The largest absolute Gasteiger partial charge is 0.497 e. The van der Waals surface area contributed by atoms with E-state index in [2.05, 4.69) is 20.9 Å². The van der Waals surface area contributed by atoms with Crippen molar-refractivity contribution in [1.82, 2.24) is 4.98 Å². The summed E-state index contributed by atoms with van der Waals surface area (Å²) >= 11 is 0. The van der Waals surface area contributed by atoms with Crippen LogP contribution < -0.4 is 14.5 Å². The third kappa shape index (κ3) is 3.38. The van der Waals surface area contributed by atoms with Crippen molar-refractivity contribution in [2.75, 3.05) is 43.1 Å². The molecule has 0 bridgehead atoms. The average Bonchev–Trinajstić information content (AvgIpc) is 2.73. The van der Waals surface area contributed by atoms with Gasteiger partial charge in [-0.25, -0.2) is 9.78 Å². The van der Waals surface area contributed by atoms with Crippen LogP contribution in [0.15, 0.2) is 54.6 Å². The van der Waals surface area contributed by atoms with Crippen LogP contribution in [0.4, 0.5) is 11.5 Å². The minimum Gasteiger partial charge on any atom is -0.497 e. The maximum Gasteiger partial charge on any atom is 0.339 e. The molecule has 0 amide bonds. The van der Waals surface area contributed by atoms with Gasteiger partial charge in [0.2, 0.25) is 0 Å². The normalized spacial score (nSPS) is 14.4. The van der Waals surface area contributed by atoms with E-state index >= 15 is 0 Å². The number of para-hydroxylation sites is 1. The summed E-state index contributed by atoms with van der Waals surface area (Å²) in [5, 5.41) is 10.5. The topological polar surface area (TPSA) is 65.9 Å². The molecule has 27 heavy (non-hydrogen) atoms. The standard InChI is InChI=1S/C21H21N3O3/c1-27-17-7-4-6-16(14-17)23-9-11-24(12-10-23)20-18(21(25)26)13-15-5-2-3-8-19(15)22-20/h2-8,13-14H,9-12H2,1H3,(H,25,26). The fourth-order valence-corrected chi connectivity index (χ4v) is 3.49. The van der Waals surface area contributed by atoms with Crippen molar-refractivity contribution in [1.29, 1.82) is 0 Å². The zero-order valence-electron chi connectivity index (χ0n) is 15.1. The van der Waals surface area contributed by atoms with E-state index in [0.29, 0.717) is 18.9 Å². The summed E-state index contributed by atoms with van der Waals surface area (Å²) in [6, 6.07) is 17.3. The van der Waals surface area contributed by atoms with Crippen molar-refractivity contribution >= 4 is 28.4 Å². The maximum absolute atomic E-state index is 11.8. The molecule has 1 aromatic heterocycles. The fourth-order valence-electron chi connectivity index (χ4n) is 3.49. The van der Waals surface area contributed by atoms with Crippen LogP contribution in [0.1, 0.15) is 10.4 Å². The zero-order chi connectivity index (χ0) is 18.8. The summed E-state index contributed by atoms with van der Waals surface area (Å²) in [5.74, 6) is 0.434. The molecule has 138 valence electrons. The summed E-state index contributed by atoms with van der Waals surface area (Å²) in [5.41, 5.74) is 2.18. The maximum atomic E-state index is 11.8. The molecular formula is C21H21N3O3. The predicted octanol–water partition coefficient (Wildman–Crippen LogP) is 3.27. The van der Waals surface area contributed by atoms with Crippen molar-refractivity contribution in [3.05, 3.63) is 60.2 Å².